The fourth-order valence-corrected chi connectivity index (χ4v) is 1.87. The van der Waals surface area contributed by atoms with Crippen molar-refractivity contribution in [2.75, 3.05) is 6.54 Å². The van der Waals surface area contributed by atoms with Gasteiger partial charge in [0, 0.05) is 23.2 Å². The van der Waals surface area contributed by atoms with E-state index in [0.717, 1.165) is 13.0 Å². The third-order valence-electron chi connectivity index (χ3n) is 1.54. The summed E-state index contributed by atoms with van der Waals surface area (Å²) in [7, 11) is 0. The Morgan fingerprint density at radius 3 is 2.50 bits per heavy atom. The van der Waals surface area contributed by atoms with E-state index in [2.05, 4.69) is 24.4 Å². The molecule has 1 rings (SSSR count). The molecule has 1 heterocycles. The molecule has 0 fully saturated rings. The minimum Gasteiger partial charge on any atom is -0.356 e. The van der Waals surface area contributed by atoms with Crippen LogP contribution < -0.4 is 5.32 Å². The molecule has 0 atom stereocenters. The molecule has 1 aromatic heterocycles. The van der Waals surface area contributed by atoms with E-state index in [1.165, 1.54) is 9.75 Å². The van der Waals surface area contributed by atoms with Gasteiger partial charge in [0.1, 0.15) is 0 Å². The van der Waals surface area contributed by atoms with Gasteiger partial charge < -0.3 is 5.32 Å². The zero-order valence-electron chi connectivity index (χ0n) is 9.39. The van der Waals surface area contributed by atoms with Crippen molar-refractivity contribution in [3.63, 3.8) is 0 Å². The lowest BCUT2D eigenvalue weighted by Crippen LogP contribution is -2.21. The van der Waals surface area contributed by atoms with Gasteiger partial charge in [-0.1, -0.05) is 13.8 Å². The molecule has 2 nitrogen and oxygen atoms in total. The van der Waals surface area contributed by atoms with Gasteiger partial charge in [-0.25, -0.2) is 0 Å². The summed E-state index contributed by atoms with van der Waals surface area (Å²) in [5.41, 5.74) is 0. The average Bonchev–Trinajstić information content (AvgIpc) is 2.54. The number of thiophene rings is 1. The number of hydrogen-bond donors (Lipinski definition) is 1. The molecule has 0 aromatic carbocycles. The predicted molar refractivity (Wildman–Crippen MR) is 62.8 cm³/mol. The number of rotatable bonds is 3. The Kier molecular flexibility index (Phi) is 7.11. The molecule has 0 aliphatic carbocycles. The molecule has 14 heavy (non-hydrogen) atoms. The lowest BCUT2D eigenvalue weighted by molar-refractivity contribution is -0.118. The van der Waals surface area contributed by atoms with Crippen LogP contribution in [0.5, 0.6) is 0 Å². The van der Waals surface area contributed by atoms with E-state index in [1.54, 1.807) is 18.3 Å². The van der Waals surface area contributed by atoms with Crippen molar-refractivity contribution in [2.45, 2.75) is 34.1 Å². The van der Waals surface area contributed by atoms with E-state index in [0.29, 0.717) is 0 Å². The minimum atomic E-state index is 0.0447. The first-order chi connectivity index (χ1) is 6.68. The van der Waals surface area contributed by atoms with Crippen LogP contribution in [0, 0.1) is 6.92 Å². The third-order valence-corrected chi connectivity index (χ3v) is 2.60. The molecule has 80 valence electrons. The van der Waals surface area contributed by atoms with Gasteiger partial charge in [0.2, 0.25) is 5.91 Å². The predicted octanol–water partition coefficient (Wildman–Crippen LogP) is 2.76. The largest absolute Gasteiger partial charge is 0.356 e. The van der Waals surface area contributed by atoms with Gasteiger partial charge in [-0.3, -0.25) is 4.79 Å². The number of carbonyl (C=O) groups excluding carboxylic acids is 1. The first kappa shape index (κ1) is 13.2. The molecule has 1 aromatic rings. The molecular weight excluding hydrogens is 194 g/mol. The van der Waals surface area contributed by atoms with Gasteiger partial charge >= 0.3 is 0 Å². The molecule has 0 spiro atoms. The highest BCUT2D eigenvalue weighted by Gasteiger charge is 1.96. The number of carbonyl (C=O) groups is 1. The molecule has 0 aliphatic rings. The monoisotopic (exact) mass is 213 g/mol. The van der Waals surface area contributed by atoms with Crippen LogP contribution in [-0.4, -0.2) is 12.5 Å². The summed E-state index contributed by atoms with van der Waals surface area (Å²) in [6, 6.07) is 4.22. The Balaban J connectivity index is 0.000000791. The number of amides is 1. The van der Waals surface area contributed by atoms with Crippen molar-refractivity contribution < 1.29 is 4.79 Å². The van der Waals surface area contributed by atoms with Crippen molar-refractivity contribution in [2.24, 2.45) is 0 Å². The molecule has 0 saturated heterocycles. The fraction of sp³-hybridized carbons (Fsp3) is 0.545. The van der Waals surface area contributed by atoms with Crippen molar-refractivity contribution in [3.8, 4) is 0 Å². The van der Waals surface area contributed by atoms with Gasteiger partial charge in [0.15, 0.2) is 0 Å². The quantitative estimate of drug-likeness (QED) is 0.822. The van der Waals surface area contributed by atoms with Crippen molar-refractivity contribution in [1.82, 2.24) is 5.32 Å². The minimum absolute atomic E-state index is 0.0447. The summed E-state index contributed by atoms with van der Waals surface area (Å²) >= 11 is 1.79. The summed E-state index contributed by atoms with van der Waals surface area (Å²) in [6.45, 7) is 8.38. The normalized spacial score (nSPS) is 8.86. The molecule has 0 bridgehead atoms. The van der Waals surface area contributed by atoms with Gasteiger partial charge in [-0.15, -0.1) is 11.3 Å². The van der Waals surface area contributed by atoms with Gasteiger partial charge in [0.05, 0.1) is 0 Å². The van der Waals surface area contributed by atoms with E-state index in [9.17, 15) is 4.79 Å². The highest BCUT2D eigenvalue weighted by molar-refractivity contribution is 7.11. The van der Waals surface area contributed by atoms with Gasteiger partial charge in [-0.05, 0) is 25.5 Å². The number of aryl methyl sites for hydroxylation is 1. The van der Waals surface area contributed by atoms with E-state index in [4.69, 9.17) is 0 Å². The van der Waals surface area contributed by atoms with Crippen LogP contribution >= 0.6 is 11.3 Å². The van der Waals surface area contributed by atoms with Crippen LogP contribution in [0.15, 0.2) is 12.1 Å². The third kappa shape index (κ3) is 5.75. The van der Waals surface area contributed by atoms with E-state index in [1.807, 2.05) is 13.8 Å². The smallest absolute Gasteiger partial charge is 0.216 e. The van der Waals surface area contributed by atoms with Crippen molar-refractivity contribution in [3.05, 3.63) is 21.9 Å². The summed E-state index contributed by atoms with van der Waals surface area (Å²) in [6.07, 6.45) is 0.943. The molecule has 1 N–H and O–H groups in total. The topological polar surface area (TPSA) is 29.1 Å². The highest BCUT2D eigenvalue weighted by atomic mass is 32.1. The maximum Gasteiger partial charge on any atom is 0.216 e. The Morgan fingerprint density at radius 1 is 1.43 bits per heavy atom. The van der Waals surface area contributed by atoms with Crippen LogP contribution in [0.3, 0.4) is 0 Å². The molecule has 3 heteroatoms. The zero-order chi connectivity index (χ0) is 11.0. The van der Waals surface area contributed by atoms with Crippen LogP contribution in [-0.2, 0) is 11.2 Å². The second-order valence-corrected chi connectivity index (χ2v) is 4.12. The Bertz CT molecular complexity index is 268. The maximum atomic E-state index is 10.5. The second-order valence-electron chi connectivity index (χ2n) is 2.75. The van der Waals surface area contributed by atoms with Crippen LogP contribution in [0.1, 0.15) is 30.5 Å². The lowest BCUT2D eigenvalue weighted by Gasteiger charge is -1.98. The fourth-order valence-electron chi connectivity index (χ4n) is 0.981. The average molecular weight is 213 g/mol. The first-order valence-electron chi connectivity index (χ1n) is 4.98. The summed E-state index contributed by atoms with van der Waals surface area (Å²) in [4.78, 5) is 13.2. The van der Waals surface area contributed by atoms with Crippen LogP contribution in [0.25, 0.3) is 0 Å². The standard InChI is InChI=1S/C9H13NOS.C2H6/c1-7-3-4-9(12-7)5-6-10-8(2)11;1-2/h3-4H,5-6H2,1-2H3,(H,10,11);1-2H3. The van der Waals surface area contributed by atoms with E-state index in [-0.39, 0.29) is 5.91 Å². The van der Waals surface area contributed by atoms with Gasteiger partial charge in [-0.2, -0.15) is 0 Å². The summed E-state index contributed by atoms with van der Waals surface area (Å²) < 4.78 is 0. The Morgan fingerprint density at radius 2 is 2.07 bits per heavy atom. The second kappa shape index (κ2) is 7.56. The molecule has 1 amide bonds. The van der Waals surface area contributed by atoms with Crippen molar-refractivity contribution in [1.29, 1.82) is 0 Å². The molecule has 0 radical (unpaired) electrons. The van der Waals surface area contributed by atoms with Crippen LogP contribution in [0.2, 0.25) is 0 Å². The summed E-state index contributed by atoms with van der Waals surface area (Å²) in [5, 5.41) is 2.77. The zero-order valence-corrected chi connectivity index (χ0v) is 10.2. The molecular formula is C11H19NOS. The van der Waals surface area contributed by atoms with E-state index < -0.39 is 0 Å². The molecule has 0 unspecified atom stereocenters. The maximum absolute atomic E-state index is 10.5. The lowest BCUT2D eigenvalue weighted by atomic mass is 10.3. The SMILES string of the molecule is CC.CC(=O)NCCc1ccc(C)s1. The van der Waals surface area contributed by atoms with Crippen molar-refractivity contribution >= 4 is 17.2 Å². The molecule has 0 aliphatic heterocycles. The van der Waals surface area contributed by atoms with Gasteiger partial charge in [0.25, 0.3) is 0 Å². The highest BCUT2D eigenvalue weighted by Crippen LogP contribution is 2.14. The Hall–Kier alpha value is -0.830. The van der Waals surface area contributed by atoms with Crippen LogP contribution in [0.4, 0.5) is 0 Å². The summed E-state index contributed by atoms with van der Waals surface area (Å²) in [5.74, 6) is 0.0447. The Labute approximate surface area is 90.3 Å². The van der Waals surface area contributed by atoms with E-state index >= 15 is 0 Å². The first-order valence-corrected chi connectivity index (χ1v) is 5.80. The number of hydrogen-bond acceptors (Lipinski definition) is 2. The number of nitrogens with one attached hydrogen (secondary N) is 1. The molecule has 0 saturated carbocycles.